The molecule has 4 rings (SSSR count). The maximum atomic E-state index is 4.83. The molecule has 1 fully saturated rings. The van der Waals surface area contributed by atoms with Crippen molar-refractivity contribution >= 4 is 33.7 Å². The molecule has 0 radical (unpaired) electrons. The Morgan fingerprint density at radius 2 is 2.16 bits per heavy atom. The molecule has 0 amide bonds. The van der Waals surface area contributed by atoms with Gasteiger partial charge in [-0.1, -0.05) is 25.1 Å². The summed E-state index contributed by atoms with van der Waals surface area (Å²) in [4.78, 5) is 9.39. The maximum absolute atomic E-state index is 4.83. The van der Waals surface area contributed by atoms with Crippen molar-refractivity contribution in [1.29, 1.82) is 0 Å². The first kappa shape index (κ1) is 16.9. The molecule has 3 aromatic rings. The number of fused-ring (bicyclic) bond motifs is 3. The van der Waals surface area contributed by atoms with Crippen LogP contribution in [0, 0.1) is 0 Å². The van der Waals surface area contributed by atoms with Crippen molar-refractivity contribution < 1.29 is 0 Å². The average molecular weight is 355 g/mol. The summed E-state index contributed by atoms with van der Waals surface area (Å²) < 4.78 is 2.42. The summed E-state index contributed by atoms with van der Waals surface area (Å²) >= 11 is 2.07. The summed E-state index contributed by atoms with van der Waals surface area (Å²) in [6.07, 6.45) is 6.61. The van der Waals surface area contributed by atoms with E-state index in [1.165, 1.54) is 47.5 Å². The molecule has 0 saturated carbocycles. The second-order valence-electron chi connectivity index (χ2n) is 6.76. The highest BCUT2D eigenvalue weighted by Crippen LogP contribution is 2.25. The highest BCUT2D eigenvalue weighted by atomic mass is 32.2. The third-order valence-electron chi connectivity index (χ3n) is 5.05. The van der Waals surface area contributed by atoms with Crippen LogP contribution >= 0.6 is 11.8 Å². The number of nitrogens with zero attached hydrogens (tertiary/aromatic N) is 3. The molecular weight excluding hydrogens is 328 g/mol. The van der Waals surface area contributed by atoms with Crippen molar-refractivity contribution in [3.8, 4) is 0 Å². The van der Waals surface area contributed by atoms with Gasteiger partial charge in [0.15, 0.2) is 0 Å². The Bertz CT molecular complexity index is 851. The maximum Gasteiger partial charge on any atom is 0.109 e. The summed E-state index contributed by atoms with van der Waals surface area (Å²) in [5, 5.41) is 4.92. The van der Waals surface area contributed by atoms with E-state index in [2.05, 4.69) is 57.8 Å². The molecule has 0 aliphatic carbocycles. The molecule has 1 aromatic carbocycles. The fraction of sp³-hybridized carbons (Fsp3) is 0.500. The minimum atomic E-state index is 0.736. The van der Waals surface area contributed by atoms with Crippen LogP contribution in [0.4, 0.5) is 0 Å². The van der Waals surface area contributed by atoms with E-state index in [1.54, 1.807) is 0 Å². The van der Waals surface area contributed by atoms with Gasteiger partial charge in [0.1, 0.15) is 11.3 Å². The van der Waals surface area contributed by atoms with Gasteiger partial charge in [-0.3, -0.25) is 4.98 Å². The van der Waals surface area contributed by atoms with Gasteiger partial charge in [0.25, 0.3) is 0 Å². The molecule has 1 aliphatic heterocycles. The Balaban J connectivity index is 1.50. The zero-order valence-electron chi connectivity index (χ0n) is 14.9. The van der Waals surface area contributed by atoms with Gasteiger partial charge in [0, 0.05) is 30.1 Å². The Morgan fingerprint density at radius 1 is 1.24 bits per heavy atom. The van der Waals surface area contributed by atoms with Gasteiger partial charge < -0.3 is 9.88 Å². The lowest BCUT2D eigenvalue weighted by atomic mass is 10.2. The Kier molecular flexibility index (Phi) is 5.22. The van der Waals surface area contributed by atoms with Crippen LogP contribution < -0.4 is 5.32 Å². The highest BCUT2D eigenvalue weighted by Gasteiger charge is 2.15. The number of hydrogen-bond donors (Lipinski definition) is 1. The van der Waals surface area contributed by atoms with E-state index in [0.29, 0.717) is 0 Å². The molecule has 132 valence electrons. The predicted molar refractivity (Wildman–Crippen MR) is 107 cm³/mol. The van der Waals surface area contributed by atoms with E-state index in [-0.39, 0.29) is 0 Å². The fourth-order valence-corrected chi connectivity index (χ4v) is 4.90. The summed E-state index contributed by atoms with van der Waals surface area (Å²) in [5.41, 5.74) is 3.33. The topological polar surface area (TPSA) is 42.7 Å². The molecule has 25 heavy (non-hydrogen) atoms. The van der Waals surface area contributed by atoms with Crippen LogP contribution in [0.1, 0.15) is 32.0 Å². The van der Waals surface area contributed by atoms with Crippen LogP contribution in [0.5, 0.6) is 0 Å². The molecule has 1 saturated heterocycles. The SMILES string of the molecule is CCc1nc2cnc3ccccc3c2n1CCCCNC1CCSC1. The van der Waals surface area contributed by atoms with Crippen LogP contribution in [0.15, 0.2) is 30.5 Å². The Morgan fingerprint density at radius 3 is 3.00 bits per heavy atom. The lowest BCUT2D eigenvalue weighted by Gasteiger charge is -2.12. The summed E-state index contributed by atoms with van der Waals surface area (Å²) in [7, 11) is 0. The standard InChI is InChI=1S/C20H26N4S/c1-2-19-23-18-13-22-17-8-4-3-7-16(17)20(18)24(19)11-6-5-10-21-15-9-12-25-14-15/h3-4,7-8,13,15,21H,2,5-6,9-12,14H2,1H3. The van der Waals surface area contributed by atoms with Crippen LogP contribution in [-0.4, -0.2) is 38.6 Å². The number of rotatable bonds is 7. The van der Waals surface area contributed by atoms with Gasteiger partial charge in [0.2, 0.25) is 0 Å². The fourth-order valence-electron chi connectivity index (χ4n) is 3.72. The molecule has 3 heterocycles. The van der Waals surface area contributed by atoms with Crippen LogP contribution in [0.3, 0.4) is 0 Å². The summed E-state index contributed by atoms with van der Waals surface area (Å²) in [5.74, 6) is 3.78. The van der Waals surface area contributed by atoms with Gasteiger partial charge in [-0.2, -0.15) is 11.8 Å². The number of aromatic nitrogens is 3. The normalized spacial score (nSPS) is 17.7. The molecule has 1 unspecified atom stereocenters. The molecular formula is C20H26N4S. The number of benzene rings is 1. The van der Waals surface area contributed by atoms with Crippen LogP contribution in [0.25, 0.3) is 21.9 Å². The number of para-hydroxylation sites is 1. The molecule has 5 heteroatoms. The summed E-state index contributed by atoms with van der Waals surface area (Å²) in [6, 6.07) is 9.13. The quantitative estimate of drug-likeness (QED) is 0.651. The lowest BCUT2D eigenvalue weighted by molar-refractivity contribution is 0.515. The first-order valence-corrected chi connectivity index (χ1v) is 10.6. The van der Waals surface area contributed by atoms with Crippen molar-refractivity contribution in [2.24, 2.45) is 0 Å². The number of hydrogen-bond acceptors (Lipinski definition) is 4. The van der Waals surface area contributed by atoms with E-state index in [4.69, 9.17) is 4.98 Å². The number of aryl methyl sites for hydroxylation is 2. The Hall–Kier alpha value is -1.59. The third kappa shape index (κ3) is 3.53. The largest absolute Gasteiger partial charge is 0.327 e. The van der Waals surface area contributed by atoms with Gasteiger partial charge in [-0.05, 0) is 37.6 Å². The molecule has 1 N–H and O–H groups in total. The van der Waals surface area contributed by atoms with Crippen molar-refractivity contribution in [2.75, 3.05) is 18.1 Å². The smallest absolute Gasteiger partial charge is 0.109 e. The number of unbranched alkanes of at least 4 members (excludes halogenated alkanes) is 1. The molecule has 4 nitrogen and oxygen atoms in total. The van der Waals surface area contributed by atoms with Gasteiger partial charge in [-0.15, -0.1) is 0 Å². The molecule has 2 aromatic heterocycles. The zero-order chi connectivity index (χ0) is 17.1. The minimum Gasteiger partial charge on any atom is -0.327 e. The molecule has 1 aliphatic rings. The number of thioether (sulfide) groups is 1. The first-order chi connectivity index (χ1) is 12.4. The van der Waals surface area contributed by atoms with E-state index >= 15 is 0 Å². The van der Waals surface area contributed by atoms with Crippen LogP contribution in [-0.2, 0) is 13.0 Å². The second kappa shape index (κ2) is 7.75. The van der Waals surface area contributed by atoms with E-state index in [0.717, 1.165) is 36.6 Å². The van der Waals surface area contributed by atoms with Crippen LogP contribution in [0.2, 0.25) is 0 Å². The molecule has 0 bridgehead atoms. The lowest BCUT2D eigenvalue weighted by Crippen LogP contribution is -2.29. The van der Waals surface area contributed by atoms with Crippen molar-refractivity contribution in [3.63, 3.8) is 0 Å². The number of imidazole rings is 1. The average Bonchev–Trinajstić information content (AvgIpc) is 3.29. The van der Waals surface area contributed by atoms with E-state index < -0.39 is 0 Å². The number of nitrogens with one attached hydrogen (secondary N) is 1. The monoisotopic (exact) mass is 354 g/mol. The van der Waals surface area contributed by atoms with E-state index in [1.807, 2.05) is 6.20 Å². The van der Waals surface area contributed by atoms with Crippen molar-refractivity contribution in [3.05, 3.63) is 36.3 Å². The predicted octanol–water partition coefficient (Wildman–Crippen LogP) is 4.02. The van der Waals surface area contributed by atoms with Gasteiger partial charge in [0.05, 0.1) is 17.2 Å². The van der Waals surface area contributed by atoms with Gasteiger partial charge >= 0.3 is 0 Å². The van der Waals surface area contributed by atoms with E-state index in [9.17, 15) is 0 Å². The minimum absolute atomic E-state index is 0.736. The van der Waals surface area contributed by atoms with Crippen molar-refractivity contribution in [2.45, 2.75) is 45.2 Å². The summed E-state index contributed by atoms with van der Waals surface area (Å²) in [6.45, 7) is 4.35. The Labute approximate surface area is 153 Å². The molecule has 1 atom stereocenters. The third-order valence-corrected chi connectivity index (χ3v) is 6.21. The van der Waals surface area contributed by atoms with Gasteiger partial charge in [-0.25, -0.2) is 4.98 Å². The number of pyridine rings is 1. The highest BCUT2D eigenvalue weighted by molar-refractivity contribution is 7.99. The first-order valence-electron chi connectivity index (χ1n) is 9.41. The second-order valence-corrected chi connectivity index (χ2v) is 7.91. The zero-order valence-corrected chi connectivity index (χ0v) is 15.7. The van der Waals surface area contributed by atoms with Crippen molar-refractivity contribution in [1.82, 2.24) is 19.9 Å². The molecule has 0 spiro atoms.